The van der Waals surface area contributed by atoms with E-state index in [2.05, 4.69) is 74.6 Å². The summed E-state index contributed by atoms with van der Waals surface area (Å²) in [5.41, 5.74) is 6.12. The Morgan fingerprint density at radius 3 is 1.55 bits per heavy atom. The third-order valence-corrected chi connectivity index (χ3v) is 20.1. The molecule has 0 fully saturated rings. The molecule has 22 heavy (non-hydrogen) atoms. The normalized spacial score (nSPS) is 21.6. The summed E-state index contributed by atoms with van der Waals surface area (Å²) in [6, 6.07) is 0. The molecule has 0 saturated heterocycles. The number of halogens is 2. The summed E-state index contributed by atoms with van der Waals surface area (Å²) in [6.45, 7) is 24.3. The second-order valence-electron chi connectivity index (χ2n) is 7.28. The maximum Gasteiger partial charge on any atom is 0.0703 e. The van der Waals surface area contributed by atoms with Crippen LogP contribution in [0.25, 0.3) is 0 Å². The minimum atomic E-state index is -1.42. The number of hydrogen-bond donors (Lipinski definition) is 0. The molecule has 0 aromatic carbocycles. The molecule has 0 radical (unpaired) electrons. The van der Waals surface area contributed by atoms with E-state index in [4.69, 9.17) is 0 Å². The van der Waals surface area contributed by atoms with Crippen LogP contribution in [0.15, 0.2) is 16.7 Å². The Morgan fingerprint density at radius 2 is 1.32 bits per heavy atom. The van der Waals surface area contributed by atoms with Gasteiger partial charge in [0.2, 0.25) is 0 Å². The van der Waals surface area contributed by atoms with Gasteiger partial charge < -0.3 is 0 Å². The predicted octanol–water partition coefficient (Wildman–Crippen LogP) is 7.19. The zero-order chi connectivity index (χ0) is 15.2. The third-order valence-electron chi connectivity index (χ3n) is 5.29. The van der Waals surface area contributed by atoms with Gasteiger partial charge in [0.05, 0.1) is 7.74 Å². The molecule has 0 aromatic rings. The number of hydrogen-bond acceptors (Lipinski definition) is 0. The van der Waals surface area contributed by atoms with E-state index in [9.17, 15) is 0 Å². The van der Waals surface area contributed by atoms with Crippen LogP contribution in [-0.4, -0.2) is 19.1 Å². The van der Waals surface area contributed by atoms with Gasteiger partial charge in [0.1, 0.15) is 0 Å². The van der Waals surface area contributed by atoms with Crippen molar-refractivity contribution in [3.63, 3.8) is 0 Å². The molecule has 0 nitrogen and oxygen atoms in total. The first-order valence-corrected chi connectivity index (χ1v) is 12.9. The average Bonchev–Trinajstić information content (AvgIpc) is 2.42. The van der Waals surface area contributed by atoms with E-state index in [1.165, 1.54) is 11.1 Å². The molecule has 0 bridgehead atoms. The van der Waals surface area contributed by atoms with Crippen molar-refractivity contribution < 1.29 is 21.7 Å². The molecule has 1 aliphatic carbocycles. The van der Waals surface area contributed by atoms with Crippen LogP contribution >= 0.6 is 32.3 Å². The van der Waals surface area contributed by atoms with Crippen molar-refractivity contribution in [1.82, 2.24) is 0 Å². The first kappa shape index (κ1) is 28.2. The van der Waals surface area contributed by atoms with Gasteiger partial charge in [0.15, 0.2) is 0 Å². The van der Waals surface area contributed by atoms with Crippen LogP contribution in [0, 0.1) is 6.08 Å². The summed E-state index contributed by atoms with van der Waals surface area (Å²) >= 11 is 0. The van der Waals surface area contributed by atoms with Crippen LogP contribution < -0.4 is 0 Å². The van der Waals surface area contributed by atoms with Crippen molar-refractivity contribution in [2.45, 2.75) is 84.8 Å². The fraction of sp³-hybridized carbons (Fsp3) is 0.765. The first-order valence-electron chi connectivity index (χ1n) is 7.55. The van der Waals surface area contributed by atoms with Crippen LogP contribution in [0.1, 0.15) is 55.4 Å². The molecule has 0 spiro atoms. The fourth-order valence-corrected chi connectivity index (χ4v) is 19.8. The molecule has 1 rings (SSSR count). The predicted molar refractivity (Wildman–Crippen MR) is 108 cm³/mol. The van der Waals surface area contributed by atoms with E-state index in [0.29, 0.717) is 0 Å². The van der Waals surface area contributed by atoms with Gasteiger partial charge in [-0.2, -0.15) is 11.1 Å². The van der Waals surface area contributed by atoms with E-state index in [1.54, 1.807) is 5.57 Å². The molecule has 1 atom stereocenters. The molecule has 0 aliphatic heterocycles. The Hall–Kier alpha value is 1.42. The van der Waals surface area contributed by atoms with E-state index in [1.807, 2.05) is 0 Å². The molecule has 130 valence electrons. The maximum atomic E-state index is 3.88. The van der Waals surface area contributed by atoms with E-state index in [0.717, 1.165) is 11.3 Å². The van der Waals surface area contributed by atoms with Crippen LogP contribution in [-0.2, 0) is 21.7 Å². The van der Waals surface area contributed by atoms with Gasteiger partial charge in [-0.3, -0.25) is 6.08 Å². The Morgan fingerprint density at radius 1 is 0.955 bits per heavy atom. The number of allylic oxidation sites excluding steroid dienone is 4. The van der Waals surface area contributed by atoms with E-state index >= 15 is 0 Å². The van der Waals surface area contributed by atoms with Crippen molar-refractivity contribution >= 4 is 40.0 Å². The Balaban J connectivity index is -0.00000120. The van der Waals surface area contributed by atoms with Crippen molar-refractivity contribution in [3.05, 3.63) is 22.8 Å². The van der Waals surface area contributed by atoms with Gasteiger partial charge in [-0.1, -0.05) is 66.6 Å². The topological polar surface area (TPSA) is 0 Å². The van der Waals surface area contributed by atoms with Gasteiger partial charge in [-0.05, 0) is 11.3 Å². The van der Waals surface area contributed by atoms with Gasteiger partial charge >= 0.3 is 0 Å². The van der Waals surface area contributed by atoms with Crippen LogP contribution in [0.3, 0.4) is 0 Å². The van der Waals surface area contributed by atoms with Crippen LogP contribution in [0.4, 0.5) is 0 Å². The molecule has 0 heterocycles. The number of rotatable bonds is 4. The van der Waals surface area contributed by atoms with Gasteiger partial charge in [-0.25, -0.2) is 5.57 Å². The summed E-state index contributed by atoms with van der Waals surface area (Å²) in [5.74, 6) is 0. The molecular formula is C17H34Cl2PSiTi-. The Labute approximate surface area is 168 Å². The Bertz CT molecular complexity index is 422. The van der Waals surface area contributed by atoms with Gasteiger partial charge in [0.25, 0.3) is 0 Å². The zero-order valence-electron chi connectivity index (χ0n) is 15.9. The molecule has 5 heteroatoms. The van der Waals surface area contributed by atoms with E-state index < -0.39 is 7.74 Å². The van der Waals surface area contributed by atoms with Crippen LogP contribution in [0.5, 0.6) is 0 Å². The van der Waals surface area contributed by atoms with Crippen molar-refractivity contribution in [1.29, 1.82) is 0 Å². The average molecular weight is 416 g/mol. The summed E-state index contributed by atoms with van der Waals surface area (Å²) in [7, 11) is -1.34. The zero-order valence-corrected chi connectivity index (χ0v) is 21.0. The van der Waals surface area contributed by atoms with Gasteiger partial charge in [0, 0.05) is 21.7 Å². The smallest absolute Gasteiger partial charge is 0.0703 e. The van der Waals surface area contributed by atoms with E-state index in [-0.39, 0.29) is 59.0 Å². The third kappa shape index (κ3) is 4.74. The largest absolute Gasteiger partial charge is 0.265 e. The van der Waals surface area contributed by atoms with Crippen LogP contribution in [0.2, 0.25) is 18.1 Å². The first-order chi connectivity index (χ1) is 8.46. The molecule has 0 amide bonds. The molecule has 1 unspecified atom stereocenters. The molecular weight excluding hydrogens is 382 g/mol. The molecule has 1 aliphatic rings. The maximum absolute atomic E-state index is 3.88. The fourth-order valence-electron chi connectivity index (χ4n) is 3.98. The molecule has 0 saturated carbocycles. The van der Waals surface area contributed by atoms with Crippen molar-refractivity contribution in [2.75, 3.05) is 0 Å². The second-order valence-corrected chi connectivity index (χ2v) is 19.2. The quantitative estimate of drug-likeness (QED) is 0.259. The van der Waals surface area contributed by atoms with Crippen molar-refractivity contribution in [3.8, 4) is 0 Å². The summed E-state index contributed by atoms with van der Waals surface area (Å²) < 4.78 is 0. The van der Waals surface area contributed by atoms with Gasteiger partial charge in [-0.15, -0.1) is 39.2 Å². The van der Waals surface area contributed by atoms with Crippen molar-refractivity contribution in [2.24, 2.45) is 0 Å². The summed E-state index contributed by atoms with van der Waals surface area (Å²) in [4.78, 5) is 0. The monoisotopic (exact) mass is 415 g/mol. The second kappa shape index (κ2) is 9.79. The minimum absolute atomic E-state index is 0. The standard InChI is InChI=1S/C17H32PSi.2ClH.Ti/c1-12(2)18(13(3)4)19(9,10)17(8)11-14(5)15(6)16(17)7;;;/h12-13H,1-10H3;2*1H;/q-1;;;. The summed E-state index contributed by atoms with van der Waals surface area (Å²) in [5, 5.41) is 0.238. The molecule has 0 aromatic heterocycles. The molecule has 0 N–H and O–H groups in total. The minimum Gasteiger partial charge on any atom is -0.265 e. The summed E-state index contributed by atoms with van der Waals surface area (Å²) in [6.07, 6.45) is 3.88. The Kier molecular flexibility index (Phi) is 12.6. The SMILES string of the molecule is CC1=[C-]C(C)([Si](C)(C)P(C(C)C)C(C)C)C(C)=C1C.Cl.Cl.[Ti].